The number of nitrogens with zero attached hydrogens (tertiary/aromatic N) is 2. The number of aromatic nitrogens is 1. The molecular weight excluding hydrogens is 420 g/mol. The fourth-order valence-electron chi connectivity index (χ4n) is 4.42. The van der Waals surface area contributed by atoms with Gasteiger partial charge in [-0.15, -0.1) is 0 Å². The van der Waals surface area contributed by atoms with Crippen molar-refractivity contribution in [2.45, 2.75) is 31.9 Å². The molecule has 2 heterocycles. The van der Waals surface area contributed by atoms with E-state index >= 15 is 0 Å². The van der Waals surface area contributed by atoms with Crippen LogP contribution in [0.5, 0.6) is 0 Å². The smallest absolute Gasteiger partial charge is 0.328 e. The Kier molecular flexibility index (Phi) is 7.00. The number of para-hydroxylation sites is 1. The van der Waals surface area contributed by atoms with Crippen molar-refractivity contribution in [2.75, 3.05) is 18.1 Å². The number of fused-ring (bicyclic) bond motifs is 2. The number of anilines is 1. The van der Waals surface area contributed by atoms with Gasteiger partial charge in [-0.3, -0.25) is 4.98 Å². The molecule has 7 heteroatoms. The molecule has 3 aromatic rings. The Labute approximate surface area is 191 Å². The first-order valence-corrected chi connectivity index (χ1v) is 11.0. The Morgan fingerprint density at radius 2 is 1.73 bits per heavy atom. The number of benzene rings is 2. The van der Waals surface area contributed by atoms with E-state index in [4.69, 9.17) is 19.9 Å². The highest BCUT2D eigenvalue weighted by Crippen LogP contribution is 2.44. The highest BCUT2D eigenvalue weighted by molar-refractivity contribution is 5.94. The lowest BCUT2D eigenvalue weighted by atomic mass is 9.90. The van der Waals surface area contributed by atoms with E-state index in [9.17, 15) is 9.59 Å². The van der Waals surface area contributed by atoms with E-state index in [-0.39, 0.29) is 6.10 Å². The molecule has 0 saturated heterocycles. The van der Waals surface area contributed by atoms with E-state index in [2.05, 4.69) is 59.5 Å². The van der Waals surface area contributed by atoms with Crippen LogP contribution in [0.3, 0.4) is 0 Å². The first-order valence-electron chi connectivity index (χ1n) is 11.0. The van der Waals surface area contributed by atoms with Gasteiger partial charge in [-0.2, -0.15) is 0 Å². The van der Waals surface area contributed by atoms with Gasteiger partial charge >= 0.3 is 11.9 Å². The average Bonchev–Trinajstić information content (AvgIpc) is 3.00. The van der Waals surface area contributed by atoms with Crippen LogP contribution in [0.1, 0.15) is 35.8 Å². The van der Waals surface area contributed by atoms with Gasteiger partial charge < -0.3 is 19.8 Å². The van der Waals surface area contributed by atoms with Gasteiger partial charge in [0.2, 0.25) is 0 Å². The zero-order valence-corrected chi connectivity index (χ0v) is 18.2. The maximum atomic E-state index is 9.55. The highest BCUT2D eigenvalue weighted by atomic mass is 16.5. The number of rotatable bonds is 4. The van der Waals surface area contributed by atoms with Gasteiger partial charge in [0.15, 0.2) is 0 Å². The molecule has 1 aromatic heterocycles. The molecule has 2 aliphatic rings. The topological polar surface area (TPSA) is 100.0 Å². The second-order valence-corrected chi connectivity index (χ2v) is 8.01. The molecule has 1 unspecified atom stereocenters. The summed E-state index contributed by atoms with van der Waals surface area (Å²) in [7, 11) is 0. The lowest BCUT2D eigenvalue weighted by molar-refractivity contribution is -0.134. The first kappa shape index (κ1) is 22.5. The lowest BCUT2D eigenvalue weighted by Gasteiger charge is -2.30. The van der Waals surface area contributed by atoms with Gasteiger partial charge in [0, 0.05) is 41.9 Å². The van der Waals surface area contributed by atoms with Gasteiger partial charge in [-0.25, -0.2) is 9.59 Å². The summed E-state index contributed by atoms with van der Waals surface area (Å²) in [5, 5.41) is 16.9. The molecule has 5 rings (SSSR count). The Bertz CT molecular complexity index is 1160. The summed E-state index contributed by atoms with van der Waals surface area (Å²) in [4.78, 5) is 26.6. The van der Waals surface area contributed by atoms with E-state index < -0.39 is 11.9 Å². The fraction of sp³-hybridized carbons (Fsp3) is 0.269. The molecule has 33 heavy (non-hydrogen) atoms. The summed E-state index contributed by atoms with van der Waals surface area (Å²) in [5.41, 5.74) is 6.39. The third-order valence-corrected chi connectivity index (χ3v) is 5.76. The molecule has 0 amide bonds. The SMILES string of the molecule is O=C(O)C=CC(=O)O.c1ccc(CN2CCOC3CCCc4nc5ccccc5c2c43)cc1. The first-order chi connectivity index (χ1) is 16.0. The number of aryl methyl sites for hydroxylation is 1. The standard InChI is InChI=1S/C22H22N2O.C4H4O4/c1-2-7-16(8-3-1)15-24-13-14-25-20-12-6-11-19-21(20)22(24)17-9-4-5-10-18(17)23-19;5-3(6)1-2-4(7)8/h1-5,7-10,20H,6,11-15H2;1-2H,(H,5,6)(H,7,8). The lowest BCUT2D eigenvalue weighted by Crippen LogP contribution is -2.26. The summed E-state index contributed by atoms with van der Waals surface area (Å²) in [6.07, 6.45) is 4.66. The maximum absolute atomic E-state index is 9.55. The van der Waals surface area contributed by atoms with Crippen LogP contribution in [0.25, 0.3) is 10.9 Å². The van der Waals surface area contributed by atoms with Crippen LogP contribution in [-0.4, -0.2) is 40.3 Å². The highest BCUT2D eigenvalue weighted by Gasteiger charge is 2.31. The van der Waals surface area contributed by atoms with Crippen molar-refractivity contribution in [3.63, 3.8) is 0 Å². The van der Waals surface area contributed by atoms with E-state index in [1.807, 2.05) is 0 Å². The molecule has 2 aromatic carbocycles. The minimum absolute atomic E-state index is 0.205. The fourth-order valence-corrected chi connectivity index (χ4v) is 4.42. The van der Waals surface area contributed by atoms with Crippen molar-refractivity contribution < 1.29 is 24.5 Å². The Hall–Kier alpha value is -3.71. The molecule has 1 aliphatic heterocycles. The van der Waals surface area contributed by atoms with Crippen LogP contribution in [0.4, 0.5) is 5.69 Å². The summed E-state index contributed by atoms with van der Waals surface area (Å²) < 4.78 is 6.25. The molecule has 0 radical (unpaired) electrons. The van der Waals surface area contributed by atoms with Crippen LogP contribution < -0.4 is 4.90 Å². The van der Waals surface area contributed by atoms with Crippen molar-refractivity contribution in [2.24, 2.45) is 0 Å². The van der Waals surface area contributed by atoms with Crippen molar-refractivity contribution in [1.82, 2.24) is 4.98 Å². The number of hydrogen-bond donors (Lipinski definition) is 2. The van der Waals surface area contributed by atoms with Crippen molar-refractivity contribution >= 4 is 28.5 Å². The monoisotopic (exact) mass is 446 g/mol. The summed E-state index contributed by atoms with van der Waals surface area (Å²) in [6, 6.07) is 19.3. The third-order valence-electron chi connectivity index (χ3n) is 5.76. The predicted molar refractivity (Wildman–Crippen MR) is 125 cm³/mol. The van der Waals surface area contributed by atoms with E-state index in [0.29, 0.717) is 12.2 Å². The van der Waals surface area contributed by atoms with Gasteiger partial charge in [0.05, 0.1) is 23.9 Å². The molecular formula is C26H26N2O5. The van der Waals surface area contributed by atoms with Gasteiger partial charge in [0.25, 0.3) is 0 Å². The molecule has 0 spiro atoms. The van der Waals surface area contributed by atoms with Crippen molar-refractivity contribution in [1.29, 1.82) is 0 Å². The quantitative estimate of drug-likeness (QED) is 0.574. The minimum atomic E-state index is -1.26. The predicted octanol–water partition coefficient (Wildman–Crippen LogP) is 4.36. The summed E-state index contributed by atoms with van der Waals surface area (Å²) >= 11 is 0. The van der Waals surface area contributed by atoms with Crippen LogP contribution >= 0.6 is 0 Å². The van der Waals surface area contributed by atoms with E-state index in [0.717, 1.165) is 38.1 Å². The number of pyridine rings is 1. The van der Waals surface area contributed by atoms with Gasteiger partial charge in [0.1, 0.15) is 0 Å². The van der Waals surface area contributed by atoms with Gasteiger partial charge in [-0.1, -0.05) is 48.5 Å². The largest absolute Gasteiger partial charge is 0.478 e. The molecule has 2 N–H and O–H groups in total. The van der Waals surface area contributed by atoms with Gasteiger partial charge in [-0.05, 0) is 30.9 Å². The second kappa shape index (κ2) is 10.3. The Morgan fingerprint density at radius 3 is 2.45 bits per heavy atom. The van der Waals surface area contributed by atoms with Crippen LogP contribution in [0.15, 0.2) is 66.7 Å². The minimum Gasteiger partial charge on any atom is -0.478 e. The normalized spacial score (nSPS) is 17.1. The number of ether oxygens (including phenoxy) is 1. The van der Waals surface area contributed by atoms with E-state index in [1.54, 1.807) is 0 Å². The summed E-state index contributed by atoms with van der Waals surface area (Å²) in [5.74, 6) is -2.51. The number of carboxylic acid groups (broad SMARTS) is 2. The third kappa shape index (κ3) is 5.38. The number of hydrogen-bond acceptors (Lipinski definition) is 5. The molecule has 7 nitrogen and oxygen atoms in total. The number of aliphatic carboxylic acids is 2. The second-order valence-electron chi connectivity index (χ2n) is 8.01. The maximum Gasteiger partial charge on any atom is 0.328 e. The van der Waals surface area contributed by atoms with E-state index in [1.165, 1.54) is 34.3 Å². The van der Waals surface area contributed by atoms with Crippen LogP contribution in [0.2, 0.25) is 0 Å². The Morgan fingerprint density at radius 1 is 1.03 bits per heavy atom. The van der Waals surface area contributed by atoms with Crippen molar-refractivity contribution in [3.05, 3.63) is 83.6 Å². The average molecular weight is 447 g/mol. The zero-order valence-electron chi connectivity index (χ0n) is 18.2. The summed E-state index contributed by atoms with van der Waals surface area (Å²) in [6.45, 7) is 2.61. The molecule has 0 saturated carbocycles. The molecule has 1 aliphatic carbocycles. The number of carboxylic acids is 2. The molecule has 0 fully saturated rings. The number of carbonyl (C=O) groups is 2. The van der Waals surface area contributed by atoms with Crippen LogP contribution in [-0.2, 0) is 27.3 Å². The Balaban J connectivity index is 0.000000281. The van der Waals surface area contributed by atoms with Crippen molar-refractivity contribution in [3.8, 4) is 0 Å². The molecule has 1 atom stereocenters. The molecule has 170 valence electrons. The zero-order chi connectivity index (χ0) is 23.2. The van der Waals surface area contributed by atoms with Crippen LogP contribution in [0, 0.1) is 0 Å². The molecule has 0 bridgehead atoms.